The van der Waals surface area contributed by atoms with E-state index in [0.717, 1.165) is 4.47 Å². The van der Waals surface area contributed by atoms with Crippen molar-refractivity contribution in [1.82, 2.24) is 9.78 Å². The van der Waals surface area contributed by atoms with Gasteiger partial charge in [-0.25, -0.2) is 4.68 Å². The number of benzene rings is 1. The molecule has 1 aromatic carbocycles. The molecule has 0 aliphatic rings. The van der Waals surface area contributed by atoms with Crippen LogP contribution in [0, 0.1) is 0 Å². The van der Waals surface area contributed by atoms with Gasteiger partial charge >= 0.3 is 6.18 Å². The summed E-state index contributed by atoms with van der Waals surface area (Å²) in [6.07, 6.45) is -3.22. The lowest BCUT2D eigenvalue weighted by molar-refractivity contribution is -0.143. The molecule has 2 aromatic rings. The second-order valence-electron chi connectivity index (χ2n) is 3.45. The number of hydrogen-bond acceptors (Lipinski definition) is 2. The average Bonchev–Trinajstić information content (AvgIpc) is 2.20. The summed E-state index contributed by atoms with van der Waals surface area (Å²) in [6, 6.07) is 4.69. The maximum absolute atomic E-state index is 12.2. The van der Waals surface area contributed by atoms with Gasteiger partial charge in [0.2, 0.25) is 0 Å². The maximum atomic E-state index is 12.2. The van der Waals surface area contributed by atoms with E-state index in [-0.39, 0.29) is 5.39 Å². The van der Waals surface area contributed by atoms with E-state index in [1.165, 1.54) is 12.3 Å². The Hall–Kier alpha value is -1.37. The Kier molecular flexibility index (Phi) is 2.94. The molecule has 3 nitrogen and oxygen atoms in total. The first-order valence-electron chi connectivity index (χ1n) is 4.59. The van der Waals surface area contributed by atoms with Crippen LogP contribution in [0.2, 0.25) is 0 Å². The molecule has 0 amide bonds. The van der Waals surface area contributed by atoms with Gasteiger partial charge in [-0.1, -0.05) is 15.9 Å². The van der Waals surface area contributed by atoms with Crippen molar-refractivity contribution in [2.45, 2.75) is 12.7 Å². The molecule has 0 spiro atoms. The molecule has 0 N–H and O–H groups in total. The third kappa shape index (κ3) is 2.66. The van der Waals surface area contributed by atoms with Crippen LogP contribution in [-0.4, -0.2) is 16.0 Å². The third-order valence-corrected chi connectivity index (χ3v) is 2.64. The fourth-order valence-corrected chi connectivity index (χ4v) is 1.82. The lowest BCUT2D eigenvalue weighted by Gasteiger charge is -2.08. The molecule has 2 rings (SSSR count). The standard InChI is InChI=1S/C10H6BrF3N2O/c11-7-1-2-8-6(3-7)4-15-16(9(8)17)5-10(12,13)14/h1-4H,5H2. The van der Waals surface area contributed by atoms with Crippen molar-refractivity contribution in [2.24, 2.45) is 0 Å². The van der Waals surface area contributed by atoms with Crippen LogP contribution in [0.4, 0.5) is 13.2 Å². The summed E-state index contributed by atoms with van der Waals surface area (Å²) in [6.45, 7) is -1.38. The number of halogens is 4. The zero-order chi connectivity index (χ0) is 12.6. The van der Waals surface area contributed by atoms with E-state index in [1.807, 2.05) is 0 Å². The van der Waals surface area contributed by atoms with Crippen LogP contribution < -0.4 is 5.56 Å². The lowest BCUT2D eigenvalue weighted by Crippen LogP contribution is -2.30. The molecule has 0 bridgehead atoms. The van der Waals surface area contributed by atoms with Gasteiger partial charge in [0.15, 0.2) is 0 Å². The molecule has 0 radical (unpaired) electrons. The van der Waals surface area contributed by atoms with Crippen LogP contribution in [0.3, 0.4) is 0 Å². The van der Waals surface area contributed by atoms with Crippen LogP contribution in [0.15, 0.2) is 33.7 Å². The van der Waals surface area contributed by atoms with Crippen molar-refractivity contribution in [3.63, 3.8) is 0 Å². The normalized spacial score (nSPS) is 12.0. The van der Waals surface area contributed by atoms with Gasteiger partial charge in [0.05, 0.1) is 11.6 Å². The highest BCUT2D eigenvalue weighted by atomic mass is 79.9. The summed E-state index contributed by atoms with van der Waals surface area (Å²) in [7, 11) is 0. The first-order valence-corrected chi connectivity index (χ1v) is 5.38. The van der Waals surface area contributed by atoms with Crippen molar-refractivity contribution < 1.29 is 13.2 Å². The van der Waals surface area contributed by atoms with E-state index in [0.29, 0.717) is 10.1 Å². The van der Waals surface area contributed by atoms with E-state index in [4.69, 9.17) is 0 Å². The number of fused-ring (bicyclic) bond motifs is 1. The largest absolute Gasteiger partial charge is 0.408 e. The number of hydrogen-bond donors (Lipinski definition) is 0. The van der Waals surface area contributed by atoms with Gasteiger partial charge < -0.3 is 0 Å². The molecule has 0 unspecified atom stereocenters. The maximum Gasteiger partial charge on any atom is 0.408 e. The Morgan fingerprint density at radius 1 is 1.35 bits per heavy atom. The lowest BCUT2D eigenvalue weighted by atomic mass is 10.2. The molecule has 0 aliphatic heterocycles. The van der Waals surface area contributed by atoms with Gasteiger partial charge in [0, 0.05) is 9.86 Å². The van der Waals surface area contributed by atoms with Gasteiger partial charge in [-0.3, -0.25) is 4.79 Å². The highest BCUT2D eigenvalue weighted by molar-refractivity contribution is 9.10. The van der Waals surface area contributed by atoms with E-state index >= 15 is 0 Å². The van der Waals surface area contributed by atoms with Crippen molar-refractivity contribution >= 4 is 26.7 Å². The third-order valence-electron chi connectivity index (χ3n) is 2.14. The van der Waals surface area contributed by atoms with Crippen LogP contribution in [0.1, 0.15) is 0 Å². The highest BCUT2D eigenvalue weighted by Gasteiger charge is 2.29. The Balaban J connectivity index is 2.59. The monoisotopic (exact) mass is 306 g/mol. The molecule has 7 heteroatoms. The molecule has 0 fully saturated rings. The summed E-state index contributed by atoms with van der Waals surface area (Å²) < 4.78 is 37.7. The number of nitrogens with zero attached hydrogens (tertiary/aromatic N) is 2. The predicted molar refractivity (Wildman–Crippen MR) is 59.8 cm³/mol. The summed E-state index contributed by atoms with van der Waals surface area (Å²) in [4.78, 5) is 11.7. The Morgan fingerprint density at radius 2 is 2.06 bits per heavy atom. The van der Waals surface area contributed by atoms with Gasteiger partial charge in [0.25, 0.3) is 5.56 Å². The zero-order valence-corrected chi connectivity index (χ0v) is 9.92. The van der Waals surface area contributed by atoms with E-state index in [9.17, 15) is 18.0 Å². The van der Waals surface area contributed by atoms with E-state index in [2.05, 4.69) is 21.0 Å². The van der Waals surface area contributed by atoms with Crippen LogP contribution in [-0.2, 0) is 6.54 Å². The molecule has 17 heavy (non-hydrogen) atoms. The minimum Gasteiger partial charge on any atom is -0.267 e. The quantitative estimate of drug-likeness (QED) is 0.812. The van der Waals surface area contributed by atoms with Crippen LogP contribution in [0.5, 0.6) is 0 Å². The second kappa shape index (κ2) is 4.14. The van der Waals surface area contributed by atoms with Gasteiger partial charge in [-0.15, -0.1) is 0 Å². The first-order chi connectivity index (χ1) is 7.87. The number of aromatic nitrogens is 2. The first kappa shape index (κ1) is 12.1. The summed E-state index contributed by atoms with van der Waals surface area (Å²) in [5.74, 6) is 0. The molecule has 1 heterocycles. The molecular formula is C10H6BrF3N2O. The Bertz CT molecular complexity index is 621. The SMILES string of the molecule is O=c1c2ccc(Br)cc2cnn1CC(F)(F)F. The predicted octanol–water partition coefficient (Wildman–Crippen LogP) is 2.72. The van der Waals surface area contributed by atoms with Gasteiger partial charge in [0.1, 0.15) is 6.54 Å². The fourth-order valence-electron chi connectivity index (χ4n) is 1.44. The average molecular weight is 307 g/mol. The van der Waals surface area contributed by atoms with Crippen molar-refractivity contribution in [3.05, 3.63) is 39.2 Å². The highest BCUT2D eigenvalue weighted by Crippen LogP contribution is 2.18. The molecule has 0 atom stereocenters. The topological polar surface area (TPSA) is 34.9 Å². The molecule has 1 aromatic heterocycles. The number of rotatable bonds is 1. The van der Waals surface area contributed by atoms with E-state index in [1.54, 1.807) is 12.1 Å². The molecule has 90 valence electrons. The zero-order valence-electron chi connectivity index (χ0n) is 8.33. The molecular weight excluding hydrogens is 301 g/mol. The Labute approximate surface area is 102 Å². The van der Waals surface area contributed by atoms with Crippen molar-refractivity contribution in [3.8, 4) is 0 Å². The smallest absolute Gasteiger partial charge is 0.267 e. The molecule has 0 aliphatic carbocycles. The summed E-state index contributed by atoms with van der Waals surface area (Å²) >= 11 is 3.21. The van der Waals surface area contributed by atoms with Crippen LogP contribution in [0.25, 0.3) is 10.8 Å². The molecule has 0 saturated heterocycles. The van der Waals surface area contributed by atoms with Crippen molar-refractivity contribution in [2.75, 3.05) is 0 Å². The molecule has 0 saturated carbocycles. The second-order valence-corrected chi connectivity index (χ2v) is 4.37. The van der Waals surface area contributed by atoms with Crippen molar-refractivity contribution in [1.29, 1.82) is 0 Å². The minimum absolute atomic E-state index is 0.215. The fraction of sp³-hybridized carbons (Fsp3) is 0.200. The summed E-state index contributed by atoms with van der Waals surface area (Å²) in [5.41, 5.74) is -0.743. The van der Waals surface area contributed by atoms with Gasteiger partial charge in [-0.2, -0.15) is 18.3 Å². The summed E-state index contributed by atoms with van der Waals surface area (Å²) in [5, 5.41) is 4.21. The minimum atomic E-state index is -4.46. The Morgan fingerprint density at radius 3 is 2.71 bits per heavy atom. The number of alkyl halides is 3. The van der Waals surface area contributed by atoms with Gasteiger partial charge in [-0.05, 0) is 18.2 Å². The van der Waals surface area contributed by atoms with E-state index < -0.39 is 18.3 Å². The van der Waals surface area contributed by atoms with Crippen LogP contribution >= 0.6 is 15.9 Å².